The van der Waals surface area contributed by atoms with Crippen molar-refractivity contribution in [3.05, 3.63) is 46.7 Å². The van der Waals surface area contributed by atoms with Gasteiger partial charge in [0.1, 0.15) is 0 Å². The first-order chi connectivity index (χ1) is 9.76. The Labute approximate surface area is 129 Å². The third kappa shape index (κ3) is 3.78. The number of halogens is 1. The molecule has 3 nitrogen and oxygen atoms in total. The van der Waals surface area contributed by atoms with Crippen LogP contribution >= 0.6 is 23.4 Å². The van der Waals surface area contributed by atoms with Gasteiger partial charge in [-0.05, 0) is 18.1 Å². The second-order valence-electron chi connectivity index (χ2n) is 4.53. The minimum absolute atomic E-state index is 0.131. The van der Waals surface area contributed by atoms with E-state index in [0.717, 1.165) is 33.6 Å². The van der Waals surface area contributed by atoms with E-state index in [1.54, 1.807) is 11.8 Å². The van der Waals surface area contributed by atoms with E-state index in [1.165, 1.54) is 0 Å². The van der Waals surface area contributed by atoms with Crippen molar-refractivity contribution in [1.29, 1.82) is 0 Å². The van der Waals surface area contributed by atoms with Gasteiger partial charge in [0.25, 0.3) is 0 Å². The van der Waals surface area contributed by atoms with Crippen LogP contribution in [0.3, 0.4) is 0 Å². The van der Waals surface area contributed by atoms with Crippen molar-refractivity contribution >= 4 is 23.4 Å². The number of aliphatic hydroxyl groups is 1. The predicted molar refractivity (Wildman–Crippen MR) is 84.6 cm³/mol. The zero-order valence-electron chi connectivity index (χ0n) is 11.6. The summed E-state index contributed by atoms with van der Waals surface area (Å²) in [5.74, 6) is 1.04. The third-order valence-corrected chi connectivity index (χ3v) is 4.56. The number of hydrogen-bond donors (Lipinski definition) is 1. The van der Waals surface area contributed by atoms with E-state index < -0.39 is 0 Å². The summed E-state index contributed by atoms with van der Waals surface area (Å²) in [6, 6.07) is 7.85. The first-order valence-corrected chi connectivity index (χ1v) is 8.14. The highest BCUT2D eigenvalue weighted by Gasteiger charge is 2.11. The van der Waals surface area contributed by atoms with Crippen LogP contribution in [0, 0.1) is 0 Å². The summed E-state index contributed by atoms with van der Waals surface area (Å²) in [4.78, 5) is 4.47. The molecular weight excluding hydrogens is 292 g/mol. The Hall–Kier alpha value is -0.970. The molecule has 0 aliphatic carbocycles. The molecule has 0 fully saturated rings. The van der Waals surface area contributed by atoms with E-state index in [1.807, 2.05) is 30.5 Å². The molecule has 0 atom stereocenters. The maximum absolute atomic E-state index is 9.18. The molecule has 1 N–H and O–H groups in total. The molecule has 2 aromatic rings. The molecule has 2 rings (SSSR count). The minimum Gasteiger partial charge on any atom is -0.396 e. The number of rotatable bonds is 7. The SMILES string of the molecule is CCCSc1ncc(CCO)n1Cc1ccccc1Cl. The van der Waals surface area contributed by atoms with Crippen LogP contribution in [-0.4, -0.2) is 27.0 Å². The lowest BCUT2D eigenvalue weighted by molar-refractivity contribution is 0.296. The Morgan fingerprint density at radius 3 is 2.85 bits per heavy atom. The molecule has 20 heavy (non-hydrogen) atoms. The molecule has 1 aromatic carbocycles. The van der Waals surface area contributed by atoms with Crippen molar-refractivity contribution < 1.29 is 5.11 Å². The number of nitrogens with zero attached hydrogens (tertiary/aromatic N) is 2. The summed E-state index contributed by atoms with van der Waals surface area (Å²) in [7, 11) is 0. The molecule has 0 saturated heterocycles. The summed E-state index contributed by atoms with van der Waals surface area (Å²) in [5.41, 5.74) is 2.12. The van der Waals surface area contributed by atoms with E-state index in [-0.39, 0.29) is 6.61 Å². The Kier molecular flexibility index (Phi) is 5.95. The number of aliphatic hydroxyl groups excluding tert-OH is 1. The Morgan fingerprint density at radius 2 is 2.15 bits per heavy atom. The average Bonchev–Trinajstić information content (AvgIpc) is 2.82. The van der Waals surface area contributed by atoms with Crippen LogP contribution < -0.4 is 0 Å². The largest absolute Gasteiger partial charge is 0.396 e. The molecular formula is C15H19ClN2OS. The van der Waals surface area contributed by atoms with Crippen molar-refractivity contribution in [1.82, 2.24) is 9.55 Å². The zero-order chi connectivity index (χ0) is 14.4. The molecule has 0 radical (unpaired) electrons. The van der Waals surface area contributed by atoms with E-state index >= 15 is 0 Å². The molecule has 5 heteroatoms. The van der Waals surface area contributed by atoms with Crippen LogP contribution in [0.4, 0.5) is 0 Å². The van der Waals surface area contributed by atoms with Crippen molar-refractivity contribution in [2.45, 2.75) is 31.5 Å². The topological polar surface area (TPSA) is 38.1 Å². The van der Waals surface area contributed by atoms with Gasteiger partial charge in [0.2, 0.25) is 0 Å². The fraction of sp³-hybridized carbons (Fsp3) is 0.400. The van der Waals surface area contributed by atoms with Crippen LogP contribution in [0.25, 0.3) is 0 Å². The molecule has 0 saturated carbocycles. The summed E-state index contributed by atoms with van der Waals surface area (Å²) < 4.78 is 2.15. The Bertz CT molecular complexity index is 557. The molecule has 0 spiro atoms. The standard InChI is InChI=1S/C15H19ClN2OS/c1-2-9-20-15-17-10-13(7-8-19)18(15)11-12-5-3-4-6-14(12)16/h3-6,10,19H,2,7-9,11H2,1H3. The fourth-order valence-corrected chi connectivity index (χ4v) is 3.03. The summed E-state index contributed by atoms with van der Waals surface area (Å²) in [6.45, 7) is 2.98. The molecule has 0 amide bonds. The Balaban J connectivity index is 2.27. The lowest BCUT2D eigenvalue weighted by Crippen LogP contribution is -2.08. The highest BCUT2D eigenvalue weighted by molar-refractivity contribution is 7.99. The van der Waals surface area contributed by atoms with E-state index in [9.17, 15) is 5.11 Å². The molecule has 1 aromatic heterocycles. The molecule has 0 aliphatic rings. The van der Waals surface area contributed by atoms with Gasteiger partial charge in [0.15, 0.2) is 5.16 Å². The normalized spacial score (nSPS) is 10.9. The zero-order valence-corrected chi connectivity index (χ0v) is 13.1. The first-order valence-electron chi connectivity index (χ1n) is 6.77. The van der Waals surface area contributed by atoms with Crippen LogP contribution in [0.15, 0.2) is 35.6 Å². The van der Waals surface area contributed by atoms with Crippen molar-refractivity contribution in [2.24, 2.45) is 0 Å². The molecule has 0 unspecified atom stereocenters. The number of thioether (sulfide) groups is 1. The molecule has 1 heterocycles. The Morgan fingerprint density at radius 1 is 1.35 bits per heavy atom. The van der Waals surface area contributed by atoms with Crippen molar-refractivity contribution in [2.75, 3.05) is 12.4 Å². The van der Waals surface area contributed by atoms with Crippen LogP contribution in [0.1, 0.15) is 24.6 Å². The van der Waals surface area contributed by atoms with Gasteiger partial charge in [-0.1, -0.05) is 48.5 Å². The second kappa shape index (κ2) is 7.72. The lowest BCUT2D eigenvalue weighted by Gasteiger charge is -2.12. The summed E-state index contributed by atoms with van der Waals surface area (Å²) >= 11 is 7.98. The van der Waals surface area contributed by atoms with Gasteiger partial charge in [-0.25, -0.2) is 4.98 Å². The van der Waals surface area contributed by atoms with Gasteiger partial charge >= 0.3 is 0 Å². The smallest absolute Gasteiger partial charge is 0.168 e. The van der Waals surface area contributed by atoms with Gasteiger partial charge in [-0.3, -0.25) is 0 Å². The quantitative estimate of drug-likeness (QED) is 0.794. The first kappa shape index (κ1) is 15.4. The maximum Gasteiger partial charge on any atom is 0.168 e. The predicted octanol–water partition coefficient (Wildman–Crippen LogP) is 3.62. The monoisotopic (exact) mass is 310 g/mol. The van der Waals surface area contributed by atoms with Crippen LogP contribution in [0.2, 0.25) is 5.02 Å². The van der Waals surface area contributed by atoms with Gasteiger partial charge in [-0.15, -0.1) is 0 Å². The van der Waals surface area contributed by atoms with Crippen molar-refractivity contribution in [3.63, 3.8) is 0 Å². The minimum atomic E-state index is 0.131. The number of benzene rings is 1. The number of hydrogen-bond acceptors (Lipinski definition) is 3. The van der Waals surface area contributed by atoms with E-state index in [2.05, 4.69) is 16.5 Å². The van der Waals surface area contributed by atoms with E-state index in [0.29, 0.717) is 13.0 Å². The van der Waals surface area contributed by atoms with Crippen molar-refractivity contribution in [3.8, 4) is 0 Å². The second-order valence-corrected chi connectivity index (χ2v) is 6.00. The average molecular weight is 311 g/mol. The van der Waals surface area contributed by atoms with Gasteiger partial charge in [0.05, 0.1) is 6.54 Å². The number of aromatic nitrogens is 2. The molecule has 0 aliphatic heterocycles. The highest BCUT2D eigenvalue weighted by atomic mass is 35.5. The van der Waals surface area contributed by atoms with Crippen LogP contribution in [0.5, 0.6) is 0 Å². The lowest BCUT2D eigenvalue weighted by atomic mass is 10.2. The third-order valence-electron chi connectivity index (χ3n) is 2.99. The highest BCUT2D eigenvalue weighted by Crippen LogP contribution is 2.23. The van der Waals surface area contributed by atoms with Gasteiger partial charge < -0.3 is 9.67 Å². The van der Waals surface area contributed by atoms with Crippen LogP contribution in [-0.2, 0) is 13.0 Å². The summed E-state index contributed by atoms with van der Waals surface area (Å²) in [6.07, 6.45) is 3.58. The van der Waals surface area contributed by atoms with Gasteiger partial charge in [-0.2, -0.15) is 0 Å². The number of imidazole rings is 1. The van der Waals surface area contributed by atoms with E-state index in [4.69, 9.17) is 11.6 Å². The maximum atomic E-state index is 9.18. The fourth-order valence-electron chi connectivity index (χ4n) is 1.98. The molecule has 0 bridgehead atoms. The van der Waals surface area contributed by atoms with Gasteiger partial charge in [0, 0.05) is 35.7 Å². The molecule has 108 valence electrons. The summed E-state index contributed by atoms with van der Waals surface area (Å²) in [5, 5.41) is 10.9.